The van der Waals surface area contributed by atoms with E-state index in [1.165, 1.54) is 6.07 Å². The summed E-state index contributed by atoms with van der Waals surface area (Å²) in [6.07, 6.45) is 0. The number of hydrogen-bond donors (Lipinski definition) is 2. The Balaban J connectivity index is 2.59. The molecule has 2 aromatic rings. The van der Waals surface area contributed by atoms with Gasteiger partial charge in [0.15, 0.2) is 0 Å². The van der Waals surface area contributed by atoms with Crippen LogP contribution in [0.2, 0.25) is 0 Å². The molecule has 2 rings (SSSR count). The highest BCUT2D eigenvalue weighted by atomic mass is 19.1. The average molecular weight is 229 g/mol. The molecule has 3 heteroatoms. The lowest BCUT2D eigenvalue weighted by atomic mass is 9.97. The molecule has 0 amide bonds. The van der Waals surface area contributed by atoms with Crippen molar-refractivity contribution in [1.82, 2.24) is 0 Å². The minimum absolute atomic E-state index is 0.267. The highest BCUT2D eigenvalue weighted by molar-refractivity contribution is 5.68. The Morgan fingerprint density at radius 1 is 1.06 bits per heavy atom. The predicted molar refractivity (Wildman–Crippen MR) is 66.5 cm³/mol. The zero-order chi connectivity index (χ0) is 12.3. The quantitative estimate of drug-likeness (QED) is 0.847. The predicted octanol–water partition coefficient (Wildman–Crippen LogP) is 2.21. The fourth-order valence-corrected chi connectivity index (χ4v) is 1.80. The van der Waals surface area contributed by atoms with Crippen molar-refractivity contribution in [3.05, 3.63) is 59.4 Å². The molecule has 0 saturated heterocycles. The van der Waals surface area contributed by atoms with Gasteiger partial charge in [0.1, 0.15) is 5.82 Å². The van der Waals surface area contributed by atoms with Crippen LogP contribution in [0.4, 0.5) is 4.39 Å². The monoisotopic (exact) mass is 229 g/mol. The lowest BCUT2D eigenvalue weighted by Crippen LogP contribution is -2.01. The van der Waals surface area contributed by atoms with E-state index in [9.17, 15) is 4.39 Å². The van der Waals surface area contributed by atoms with E-state index in [-0.39, 0.29) is 5.82 Å². The van der Waals surface area contributed by atoms with Crippen molar-refractivity contribution < 1.29 is 4.39 Å². The first-order valence-corrected chi connectivity index (χ1v) is 5.44. The molecule has 17 heavy (non-hydrogen) atoms. The van der Waals surface area contributed by atoms with Crippen LogP contribution >= 0.6 is 0 Å². The Bertz CT molecular complexity index is 523. The van der Waals surface area contributed by atoms with E-state index in [4.69, 9.17) is 11.5 Å². The van der Waals surface area contributed by atoms with E-state index in [1.54, 1.807) is 24.3 Å². The molecule has 0 aromatic heterocycles. The molecule has 0 aliphatic rings. The Morgan fingerprint density at radius 3 is 2.59 bits per heavy atom. The molecule has 4 N–H and O–H groups in total. The minimum atomic E-state index is -0.267. The van der Waals surface area contributed by atoms with E-state index in [2.05, 4.69) is 6.07 Å². The maximum Gasteiger partial charge on any atom is 0.131 e. The van der Waals surface area contributed by atoms with Crippen molar-refractivity contribution >= 4 is 0 Å². The molecule has 0 atom stereocenters. The van der Waals surface area contributed by atoms with Crippen LogP contribution in [0.25, 0.3) is 11.1 Å². The van der Waals surface area contributed by atoms with Crippen molar-refractivity contribution in [3.63, 3.8) is 0 Å². The van der Waals surface area contributed by atoms with Crippen LogP contribution < -0.4 is 11.5 Å². The van der Waals surface area contributed by atoms with Gasteiger partial charge in [-0.2, -0.15) is 0 Å². The lowest BCUT2D eigenvalue weighted by molar-refractivity contribution is 0.630. The Kier molecular flexibility index (Phi) is 3.52. The third kappa shape index (κ3) is 2.35. The van der Waals surface area contributed by atoms with Gasteiger partial charge >= 0.3 is 0 Å². The van der Waals surface area contributed by atoms with E-state index in [0.29, 0.717) is 18.7 Å². The molecule has 0 saturated carbocycles. The summed E-state index contributed by atoms with van der Waals surface area (Å²) in [5.74, 6) is -0.267. The molecule has 0 fully saturated rings. The van der Waals surface area contributed by atoms with Crippen LogP contribution in [0, 0.1) is 11.9 Å². The van der Waals surface area contributed by atoms with Crippen LogP contribution in [0.15, 0.2) is 36.4 Å². The fourth-order valence-electron chi connectivity index (χ4n) is 1.80. The van der Waals surface area contributed by atoms with Crippen molar-refractivity contribution in [2.45, 2.75) is 13.1 Å². The molecular weight excluding hydrogens is 215 g/mol. The van der Waals surface area contributed by atoms with Gasteiger partial charge in [0.2, 0.25) is 0 Å². The zero-order valence-corrected chi connectivity index (χ0v) is 9.41. The minimum Gasteiger partial charge on any atom is -0.326 e. The van der Waals surface area contributed by atoms with Gasteiger partial charge in [-0.1, -0.05) is 18.2 Å². The highest BCUT2D eigenvalue weighted by Crippen LogP contribution is 2.26. The normalized spacial score (nSPS) is 10.5. The summed E-state index contributed by atoms with van der Waals surface area (Å²) >= 11 is 0. The van der Waals surface area contributed by atoms with Crippen LogP contribution in [0.5, 0.6) is 0 Å². The van der Waals surface area contributed by atoms with Gasteiger partial charge in [0.25, 0.3) is 0 Å². The van der Waals surface area contributed by atoms with Crippen LogP contribution in [0.3, 0.4) is 0 Å². The van der Waals surface area contributed by atoms with E-state index in [0.717, 1.165) is 16.7 Å². The third-order valence-corrected chi connectivity index (χ3v) is 2.73. The van der Waals surface area contributed by atoms with Crippen molar-refractivity contribution in [1.29, 1.82) is 0 Å². The topological polar surface area (TPSA) is 52.0 Å². The van der Waals surface area contributed by atoms with Gasteiger partial charge in [-0.15, -0.1) is 0 Å². The Labute approximate surface area is 100 Å². The van der Waals surface area contributed by atoms with Gasteiger partial charge in [-0.05, 0) is 41.0 Å². The van der Waals surface area contributed by atoms with Crippen LogP contribution in [-0.4, -0.2) is 0 Å². The lowest BCUT2D eigenvalue weighted by Gasteiger charge is -2.10. The highest BCUT2D eigenvalue weighted by Gasteiger charge is 2.09. The number of nitrogens with two attached hydrogens (primary N) is 2. The van der Waals surface area contributed by atoms with Crippen molar-refractivity contribution in [3.8, 4) is 11.1 Å². The zero-order valence-electron chi connectivity index (χ0n) is 9.41. The van der Waals surface area contributed by atoms with E-state index >= 15 is 0 Å². The van der Waals surface area contributed by atoms with E-state index < -0.39 is 0 Å². The molecule has 1 radical (unpaired) electrons. The standard InChI is InChI=1S/C14H14FN2/c15-14-6-5-10(8-16)7-13(14)12-4-2-1-3-11(12)9-17/h1,3-7H,8-9,16-17H2. The molecule has 0 aliphatic heterocycles. The summed E-state index contributed by atoms with van der Waals surface area (Å²) in [4.78, 5) is 0. The molecule has 0 heterocycles. The SMILES string of the molecule is NCc1ccc(F)c(-c2c[c]ccc2CN)c1. The smallest absolute Gasteiger partial charge is 0.131 e. The van der Waals surface area contributed by atoms with E-state index in [1.807, 2.05) is 6.07 Å². The Morgan fingerprint density at radius 2 is 1.88 bits per heavy atom. The van der Waals surface area contributed by atoms with Gasteiger partial charge in [0, 0.05) is 18.7 Å². The summed E-state index contributed by atoms with van der Waals surface area (Å²) in [6, 6.07) is 13.2. The molecular formula is C14H14FN2. The van der Waals surface area contributed by atoms with Crippen LogP contribution in [0.1, 0.15) is 11.1 Å². The second-order valence-electron chi connectivity index (χ2n) is 3.81. The largest absolute Gasteiger partial charge is 0.326 e. The molecule has 2 aromatic carbocycles. The number of rotatable bonds is 3. The maximum absolute atomic E-state index is 13.8. The first-order valence-electron chi connectivity index (χ1n) is 5.44. The summed E-state index contributed by atoms with van der Waals surface area (Å²) in [5, 5.41) is 0. The van der Waals surface area contributed by atoms with Crippen molar-refractivity contribution in [2.24, 2.45) is 11.5 Å². The summed E-state index contributed by atoms with van der Waals surface area (Å²) < 4.78 is 13.8. The summed E-state index contributed by atoms with van der Waals surface area (Å²) in [7, 11) is 0. The molecule has 2 nitrogen and oxygen atoms in total. The maximum atomic E-state index is 13.8. The molecule has 0 aliphatic carbocycles. The Hall–Kier alpha value is -1.71. The number of benzene rings is 2. The van der Waals surface area contributed by atoms with Gasteiger partial charge in [-0.25, -0.2) is 4.39 Å². The third-order valence-electron chi connectivity index (χ3n) is 2.73. The molecule has 0 unspecified atom stereocenters. The summed E-state index contributed by atoms with van der Waals surface area (Å²) in [5.41, 5.74) is 14.3. The summed E-state index contributed by atoms with van der Waals surface area (Å²) in [6.45, 7) is 0.762. The van der Waals surface area contributed by atoms with Gasteiger partial charge in [-0.3, -0.25) is 0 Å². The average Bonchev–Trinajstić information content (AvgIpc) is 2.39. The van der Waals surface area contributed by atoms with Crippen molar-refractivity contribution in [2.75, 3.05) is 0 Å². The first-order chi connectivity index (χ1) is 8.26. The number of halogens is 1. The molecule has 0 bridgehead atoms. The van der Waals surface area contributed by atoms with Gasteiger partial charge in [0.05, 0.1) is 0 Å². The second-order valence-corrected chi connectivity index (χ2v) is 3.81. The first kappa shape index (κ1) is 11.8. The fraction of sp³-hybridized carbons (Fsp3) is 0.143. The van der Waals surface area contributed by atoms with Gasteiger partial charge < -0.3 is 11.5 Å². The molecule has 0 spiro atoms. The second kappa shape index (κ2) is 5.08. The molecule has 87 valence electrons. The van der Waals surface area contributed by atoms with Crippen LogP contribution in [-0.2, 0) is 13.1 Å². The number of hydrogen-bond acceptors (Lipinski definition) is 2.